The molecule has 2 aromatic carbocycles. The predicted octanol–water partition coefficient (Wildman–Crippen LogP) is 2.55. The third kappa shape index (κ3) is 18.1. The van der Waals surface area contributed by atoms with Crippen molar-refractivity contribution >= 4 is 111 Å². The summed E-state index contributed by atoms with van der Waals surface area (Å²) in [4.78, 5) is 41.7. The summed E-state index contributed by atoms with van der Waals surface area (Å²) in [5, 5.41) is 17.9. The molecule has 5 N–H and O–H groups in total. The number of halogens is 5. The van der Waals surface area contributed by atoms with Gasteiger partial charge in [0.05, 0.1) is 31.8 Å². The van der Waals surface area contributed by atoms with Crippen LogP contribution in [0.1, 0.15) is 22.5 Å². The van der Waals surface area contributed by atoms with Crippen LogP contribution in [0.15, 0.2) is 118 Å². The normalized spacial score (nSPS) is 10.9. The summed E-state index contributed by atoms with van der Waals surface area (Å²) in [6.07, 6.45) is 8.54. The van der Waals surface area contributed by atoms with Crippen LogP contribution in [0, 0.1) is 0 Å². The molecule has 0 bridgehead atoms. The third-order valence-electron chi connectivity index (χ3n) is 9.70. The van der Waals surface area contributed by atoms with Crippen LogP contribution in [0.25, 0.3) is 20.2 Å². The molecule has 0 atom stereocenters. The van der Waals surface area contributed by atoms with E-state index in [1.807, 2.05) is 72.8 Å². The van der Waals surface area contributed by atoms with Crippen molar-refractivity contribution in [3.8, 4) is 0 Å². The van der Waals surface area contributed by atoms with Gasteiger partial charge in [-0.15, -0.1) is 22.7 Å². The molecule has 0 aliphatic carbocycles. The molecule has 8 aromatic rings. The Balaban J connectivity index is 0.000000242. The van der Waals surface area contributed by atoms with Crippen molar-refractivity contribution in [2.75, 3.05) is 43.1 Å². The van der Waals surface area contributed by atoms with Crippen LogP contribution in [0.5, 0.6) is 0 Å². The third-order valence-corrected chi connectivity index (χ3v) is 13.4. The monoisotopic (exact) mass is 1190 g/mol. The van der Waals surface area contributed by atoms with Gasteiger partial charge in [-0.3, -0.25) is 32.9 Å². The number of nitrogens with two attached hydrogens (primary N) is 1. The summed E-state index contributed by atoms with van der Waals surface area (Å²) in [6.45, 7) is 3.16. The Morgan fingerprint density at radius 1 is 0.681 bits per heavy atom. The Bertz CT molecular complexity index is 3120. The van der Waals surface area contributed by atoms with Crippen molar-refractivity contribution < 1.29 is 66.1 Å². The molecule has 0 saturated heterocycles. The second-order valence-corrected chi connectivity index (χ2v) is 19.6. The van der Waals surface area contributed by atoms with Gasteiger partial charge in [0, 0.05) is 95.3 Å². The van der Waals surface area contributed by atoms with E-state index < -0.39 is 15.7 Å². The van der Waals surface area contributed by atoms with E-state index in [0.29, 0.717) is 63.1 Å². The Morgan fingerprint density at radius 3 is 1.65 bits per heavy atom. The quantitative estimate of drug-likeness (QED) is 0.0424. The van der Waals surface area contributed by atoms with E-state index in [1.165, 1.54) is 47.4 Å². The number of hydrogen-bond acceptors (Lipinski definition) is 15. The summed E-state index contributed by atoms with van der Waals surface area (Å²) in [5.74, 6) is 0.425. The van der Waals surface area contributed by atoms with Crippen LogP contribution in [-0.4, -0.2) is 70.0 Å². The largest absolute Gasteiger partial charge is 1.00 e. The molecule has 8 rings (SSSR count). The maximum atomic E-state index is 12.8. The average molecular weight is 1190 g/mol. The minimum absolute atomic E-state index is 0. The molecule has 0 spiro atoms. The number of nitrogens with zero attached hydrogens (tertiary/aromatic N) is 6. The number of thiophene rings is 2. The smallest absolute Gasteiger partial charge is 1.00 e. The fourth-order valence-corrected chi connectivity index (χ4v) is 9.44. The number of rotatable bonds is 18. The van der Waals surface area contributed by atoms with E-state index in [-0.39, 0.29) is 83.2 Å². The summed E-state index contributed by atoms with van der Waals surface area (Å²) >= 11 is 27.6. The van der Waals surface area contributed by atoms with Crippen LogP contribution < -0.4 is 86.3 Å². The van der Waals surface area contributed by atoms with Gasteiger partial charge in [0.2, 0.25) is 0 Å². The summed E-state index contributed by atoms with van der Waals surface area (Å²) < 4.78 is 31.7. The van der Waals surface area contributed by atoms with Crippen LogP contribution >= 0.6 is 69.1 Å². The average Bonchev–Trinajstić information content (AvgIpc) is 3.92. The molecule has 0 fully saturated rings. The first-order valence-electron chi connectivity index (χ1n) is 20.6. The standard InChI is InChI=1S/C22H21Cl2N5OS.C14H17ClN4O4S.C9H8ClNS.HI.Na/c23-16-4-5-19-18(11-16)15(14-31-19)12-25-9-10-29-20(24)13-28-21(22(29)30)27-8-6-17-3-1-2-7-26-17;1-24(21,22)23-9-8-19-12(15)10-18-13(14(19)20)17-7-5-11-4-2-3-6-16-11;10-7-1-2-9-8(3-7)6(4-11)5-12-9;;/h1-5,7,11,13-14,25H,6,8-10,12H2,(H,27,28);2-4,6,10H,5,7-9H2,1H3,(H,17,18);1-3,5H,4,11H2;1H;/q;;;;+1/p-1. The molecule has 0 saturated carbocycles. The van der Waals surface area contributed by atoms with E-state index in [9.17, 15) is 18.0 Å². The maximum Gasteiger partial charge on any atom is 1.00 e. The van der Waals surface area contributed by atoms with Crippen molar-refractivity contribution in [2.45, 2.75) is 39.0 Å². The molecule has 69 heavy (non-hydrogen) atoms. The van der Waals surface area contributed by atoms with E-state index in [1.54, 1.807) is 35.1 Å². The van der Waals surface area contributed by atoms with Gasteiger partial charge in [0.1, 0.15) is 10.3 Å². The molecule has 24 heteroatoms. The molecule has 0 radical (unpaired) electrons. The molecule has 6 heterocycles. The molecule has 360 valence electrons. The summed E-state index contributed by atoms with van der Waals surface area (Å²) in [5.41, 5.74) is 9.11. The van der Waals surface area contributed by atoms with Crippen LogP contribution in [0.2, 0.25) is 20.4 Å². The minimum Gasteiger partial charge on any atom is -1.00 e. The number of pyridine rings is 2. The SMILES string of the molecule is CS(=O)(=O)OCCn1c(Cl)cnc(NCCc2ccccn2)c1=O.NCc1csc2ccc(Cl)cc12.O=c1c(NCCc2ccccn2)ncc(Cl)n1CCNCc1csc2ccc(Cl)cc12.[I-].[Na+]. The zero-order chi connectivity index (χ0) is 47.8. The minimum atomic E-state index is -3.57. The second-order valence-electron chi connectivity index (χ2n) is 14.5. The zero-order valence-electron chi connectivity index (χ0n) is 37.4. The molecular formula is C45H46Cl4IN10NaO5S3. The molecule has 6 aromatic heterocycles. The molecule has 0 amide bonds. The molecule has 0 aliphatic heterocycles. The fraction of sp³-hybridized carbons (Fsp3) is 0.244. The van der Waals surface area contributed by atoms with Crippen LogP contribution in [-0.2, 0) is 53.3 Å². The van der Waals surface area contributed by atoms with E-state index in [2.05, 4.69) is 50.8 Å². The Morgan fingerprint density at radius 2 is 1.17 bits per heavy atom. The van der Waals surface area contributed by atoms with Crippen LogP contribution in [0.4, 0.5) is 11.6 Å². The van der Waals surface area contributed by atoms with E-state index in [0.717, 1.165) is 33.1 Å². The first-order chi connectivity index (χ1) is 32.3. The first kappa shape index (κ1) is 58.3. The molecular weight excluding hydrogens is 1150 g/mol. The molecule has 0 unspecified atom stereocenters. The van der Waals surface area contributed by atoms with E-state index >= 15 is 0 Å². The first-order valence-corrected chi connectivity index (χ1v) is 25.7. The Hall–Kier alpha value is -3.26. The maximum absolute atomic E-state index is 12.8. The van der Waals surface area contributed by atoms with Crippen molar-refractivity contribution in [1.82, 2.24) is 34.4 Å². The van der Waals surface area contributed by atoms with Crippen molar-refractivity contribution in [3.05, 3.63) is 172 Å². The van der Waals surface area contributed by atoms with Gasteiger partial charge in [-0.25, -0.2) is 9.97 Å². The van der Waals surface area contributed by atoms with Crippen molar-refractivity contribution in [1.29, 1.82) is 0 Å². The summed E-state index contributed by atoms with van der Waals surface area (Å²) in [7, 11) is -3.57. The number of anilines is 2. The fourth-order valence-electron chi connectivity index (χ4n) is 6.40. The Kier molecular flexibility index (Phi) is 24.8. The molecule has 15 nitrogen and oxygen atoms in total. The van der Waals surface area contributed by atoms with Gasteiger partial charge in [0.25, 0.3) is 21.2 Å². The number of nitrogens with one attached hydrogen (secondary N) is 3. The second kappa shape index (κ2) is 29.3. The van der Waals surface area contributed by atoms with Gasteiger partial charge in [-0.2, -0.15) is 8.42 Å². The number of hydrogen-bond donors (Lipinski definition) is 4. The van der Waals surface area contributed by atoms with Crippen LogP contribution in [0.3, 0.4) is 0 Å². The van der Waals surface area contributed by atoms with Gasteiger partial charge < -0.3 is 45.7 Å². The van der Waals surface area contributed by atoms with Gasteiger partial charge >= 0.3 is 29.6 Å². The number of fused-ring (bicyclic) bond motifs is 2. The predicted molar refractivity (Wildman–Crippen MR) is 274 cm³/mol. The van der Waals surface area contributed by atoms with Gasteiger partial charge in [-0.1, -0.05) is 58.5 Å². The number of aromatic nitrogens is 6. The number of benzene rings is 2. The zero-order valence-corrected chi connectivity index (χ0v) is 47.0. The molecule has 0 aliphatic rings. The van der Waals surface area contributed by atoms with Gasteiger partial charge in [0.15, 0.2) is 11.6 Å². The van der Waals surface area contributed by atoms with Crippen molar-refractivity contribution in [3.63, 3.8) is 0 Å². The van der Waals surface area contributed by atoms with Crippen molar-refractivity contribution in [2.24, 2.45) is 5.73 Å². The Labute approximate surface area is 466 Å². The van der Waals surface area contributed by atoms with E-state index in [4.69, 9.17) is 52.1 Å². The van der Waals surface area contributed by atoms with Gasteiger partial charge in [-0.05, 0) is 93.3 Å². The topological polar surface area (TPSA) is 201 Å². The summed E-state index contributed by atoms with van der Waals surface area (Å²) in [6, 6.07) is 23.2.